The summed E-state index contributed by atoms with van der Waals surface area (Å²) in [4.78, 5) is 12.2. The number of carbonyl (C=O) groups is 1. The van der Waals surface area contributed by atoms with Gasteiger partial charge in [0.2, 0.25) is 5.91 Å². The van der Waals surface area contributed by atoms with E-state index in [0.29, 0.717) is 16.5 Å². The maximum Gasteiger partial charge on any atom is 0.228 e. The van der Waals surface area contributed by atoms with Crippen LogP contribution in [0.2, 0.25) is 5.02 Å². The number of methoxy groups -OCH3 is 2. The van der Waals surface area contributed by atoms with Gasteiger partial charge in [0.15, 0.2) is 0 Å². The van der Waals surface area contributed by atoms with Gasteiger partial charge in [-0.05, 0) is 42.3 Å². The van der Waals surface area contributed by atoms with E-state index in [1.807, 2.05) is 25.1 Å². The molecule has 0 bridgehead atoms. The highest BCUT2D eigenvalue weighted by Crippen LogP contribution is 2.28. The first-order chi connectivity index (χ1) is 10.5. The summed E-state index contributed by atoms with van der Waals surface area (Å²) in [6.45, 7) is 1.94. The minimum absolute atomic E-state index is 0.134. The van der Waals surface area contributed by atoms with E-state index in [2.05, 4.69) is 5.32 Å². The molecule has 0 spiro atoms. The van der Waals surface area contributed by atoms with E-state index < -0.39 is 0 Å². The molecule has 0 radical (unpaired) electrons. The van der Waals surface area contributed by atoms with Crippen LogP contribution in [0.3, 0.4) is 0 Å². The lowest BCUT2D eigenvalue weighted by molar-refractivity contribution is -0.115. The van der Waals surface area contributed by atoms with Crippen LogP contribution in [0.15, 0.2) is 36.4 Å². The summed E-state index contributed by atoms with van der Waals surface area (Å²) in [5.74, 6) is 1.24. The molecule has 1 N–H and O–H groups in total. The summed E-state index contributed by atoms with van der Waals surface area (Å²) in [6.07, 6.45) is 0.264. The molecule has 0 atom stereocenters. The van der Waals surface area contributed by atoms with E-state index in [4.69, 9.17) is 21.1 Å². The molecule has 2 aromatic rings. The highest BCUT2D eigenvalue weighted by atomic mass is 35.5. The second-order valence-electron chi connectivity index (χ2n) is 4.87. The molecule has 0 saturated carbocycles. The van der Waals surface area contributed by atoms with Crippen LogP contribution in [0.5, 0.6) is 11.5 Å². The number of halogens is 1. The number of benzene rings is 2. The van der Waals surface area contributed by atoms with Crippen molar-refractivity contribution in [1.29, 1.82) is 0 Å². The largest absolute Gasteiger partial charge is 0.496 e. The van der Waals surface area contributed by atoms with E-state index >= 15 is 0 Å². The normalized spacial score (nSPS) is 10.2. The Bertz CT molecular complexity index is 686. The number of ether oxygens (including phenoxy) is 2. The average Bonchev–Trinajstić information content (AvgIpc) is 2.47. The third kappa shape index (κ3) is 3.92. The third-order valence-corrected chi connectivity index (χ3v) is 3.49. The van der Waals surface area contributed by atoms with E-state index in [-0.39, 0.29) is 12.3 Å². The van der Waals surface area contributed by atoms with Crippen molar-refractivity contribution < 1.29 is 14.3 Å². The molecule has 0 fully saturated rings. The van der Waals surface area contributed by atoms with Crippen LogP contribution in [0, 0.1) is 6.92 Å². The van der Waals surface area contributed by atoms with Crippen LogP contribution in [0.1, 0.15) is 11.1 Å². The van der Waals surface area contributed by atoms with Crippen LogP contribution in [-0.4, -0.2) is 20.1 Å². The number of anilines is 1. The van der Waals surface area contributed by atoms with Crippen molar-refractivity contribution in [3.05, 3.63) is 52.5 Å². The number of rotatable bonds is 5. The summed E-state index contributed by atoms with van der Waals surface area (Å²) in [6, 6.07) is 10.8. The Morgan fingerprint density at radius 2 is 1.77 bits per heavy atom. The molecule has 2 aromatic carbocycles. The lowest BCUT2D eigenvalue weighted by Crippen LogP contribution is -2.15. The fourth-order valence-corrected chi connectivity index (χ4v) is 2.38. The highest BCUT2D eigenvalue weighted by Gasteiger charge is 2.10. The molecule has 0 aromatic heterocycles. The van der Waals surface area contributed by atoms with Gasteiger partial charge in [-0.2, -0.15) is 0 Å². The van der Waals surface area contributed by atoms with Crippen LogP contribution in [0.25, 0.3) is 0 Å². The van der Waals surface area contributed by atoms with Gasteiger partial charge in [-0.15, -0.1) is 0 Å². The Kier molecular flexibility index (Phi) is 5.28. The number of aryl methyl sites for hydroxylation is 1. The minimum Gasteiger partial charge on any atom is -0.496 e. The van der Waals surface area contributed by atoms with Crippen molar-refractivity contribution in [2.75, 3.05) is 19.5 Å². The Labute approximate surface area is 135 Å². The lowest BCUT2D eigenvalue weighted by Gasteiger charge is -2.11. The van der Waals surface area contributed by atoms with E-state index in [1.54, 1.807) is 32.4 Å². The SMILES string of the molecule is COc1ccc(CC(=O)Nc2cc(Cl)ccc2OC)cc1C. The standard InChI is InChI=1S/C17H18ClNO3/c1-11-8-12(4-6-15(11)21-2)9-17(20)19-14-10-13(18)5-7-16(14)22-3/h4-8,10H,9H2,1-3H3,(H,19,20). The maximum absolute atomic E-state index is 12.2. The minimum atomic E-state index is -0.134. The number of hydrogen-bond acceptors (Lipinski definition) is 3. The number of amides is 1. The molecule has 22 heavy (non-hydrogen) atoms. The first-order valence-corrected chi connectivity index (χ1v) is 7.18. The summed E-state index contributed by atoms with van der Waals surface area (Å²) in [5.41, 5.74) is 2.47. The molecular weight excluding hydrogens is 302 g/mol. The second-order valence-corrected chi connectivity index (χ2v) is 5.31. The first-order valence-electron chi connectivity index (χ1n) is 6.80. The number of carbonyl (C=O) groups excluding carboxylic acids is 1. The van der Waals surface area contributed by atoms with Crippen LogP contribution in [-0.2, 0) is 11.2 Å². The predicted octanol–water partition coefficient (Wildman–Crippen LogP) is 3.85. The van der Waals surface area contributed by atoms with E-state index in [9.17, 15) is 4.79 Å². The van der Waals surface area contributed by atoms with Crippen LogP contribution >= 0.6 is 11.6 Å². The average molecular weight is 320 g/mol. The molecule has 0 unspecified atom stereocenters. The molecule has 1 amide bonds. The fraction of sp³-hybridized carbons (Fsp3) is 0.235. The Balaban J connectivity index is 2.10. The van der Waals surface area contributed by atoms with Crippen molar-refractivity contribution in [2.24, 2.45) is 0 Å². The zero-order valence-electron chi connectivity index (χ0n) is 12.8. The summed E-state index contributed by atoms with van der Waals surface area (Å²) < 4.78 is 10.4. The van der Waals surface area contributed by atoms with Crippen molar-refractivity contribution >= 4 is 23.2 Å². The fourth-order valence-electron chi connectivity index (χ4n) is 2.21. The Morgan fingerprint density at radius 1 is 1.09 bits per heavy atom. The molecule has 0 heterocycles. The summed E-state index contributed by atoms with van der Waals surface area (Å²) in [7, 11) is 3.17. The number of nitrogens with one attached hydrogen (secondary N) is 1. The molecule has 0 aliphatic rings. The first kappa shape index (κ1) is 16.2. The van der Waals surface area contributed by atoms with E-state index in [1.165, 1.54) is 0 Å². The van der Waals surface area contributed by atoms with Gasteiger partial charge in [0, 0.05) is 5.02 Å². The van der Waals surface area contributed by atoms with Crippen molar-refractivity contribution in [3.8, 4) is 11.5 Å². The molecule has 2 rings (SSSR count). The molecule has 116 valence electrons. The van der Waals surface area contributed by atoms with Crippen molar-refractivity contribution in [1.82, 2.24) is 0 Å². The van der Waals surface area contributed by atoms with Gasteiger partial charge in [0.25, 0.3) is 0 Å². The Morgan fingerprint density at radius 3 is 2.41 bits per heavy atom. The highest BCUT2D eigenvalue weighted by molar-refractivity contribution is 6.31. The van der Waals surface area contributed by atoms with Gasteiger partial charge in [-0.3, -0.25) is 4.79 Å². The van der Waals surface area contributed by atoms with Gasteiger partial charge in [-0.1, -0.05) is 23.7 Å². The zero-order valence-corrected chi connectivity index (χ0v) is 13.5. The topological polar surface area (TPSA) is 47.6 Å². The smallest absolute Gasteiger partial charge is 0.228 e. The molecule has 5 heteroatoms. The zero-order chi connectivity index (χ0) is 16.1. The molecule has 0 aliphatic heterocycles. The quantitative estimate of drug-likeness (QED) is 0.910. The van der Waals surface area contributed by atoms with Crippen LogP contribution < -0.4 is 14.8 Å². The Hall–Kier alpha value is -2.20. The van der Waals surface area contributed by atoms with Gasteiger partial charge >= 0.3 is 0 Å². The lowest BCUT2D eigenvalue weighted by atomic mass is 10.1. The van der Waals surface area contributed by atoms with Gasteiger partial charge < -0.3 is 14.8 Å². The monoisotopic (exact) mass is 319 g/mol. The predicted molar refractivity (Wildman–Crippen MR) is 88.1 cm³/mol. The number of hydrogen-bond donors (Lipinski definition) is 1. The summed E-state index contributed by atoms with van der Waals surface area (Å²) >= 11 is 5.95. The van der Waals surface area contributed by atoms with Gasteiger partial charge in [-0.25, -0.2) is 0 Å². The second kappa shape index (κ2) is 7.18. The van der Waals surface area contributed by atoms with Crippen molar-refractivity contribution in [2.45, 2.75) is 13.3 Å². The molecule has 0 saturated heterocycles. The molecular formula is C17H18ClNO3. The third-order valence-electron chi connectivity index (χ3n) is 3.26. The van der Waals surface area contributed by atoms with Crippen LogP contribution in [0.4, 0.5) is 5.69 Å². The maximum atomic E-state index is 12.2. The van der Waals surface area contributed by atoms with Gasteiger partial charge in [0.05, 0.1) is 26.3 Å². The van der Waals surface area contributed by atoms with Gasteiger partial charge in [0.1, 0.15) is 11.5 Å². The van der Waals surface area contributed by atoms with Crippen molar-refractivity contribution in [3.63, 3.8) is 0 Å². The molecule has 4 nitrogen and oxygen atoms in total. The molecule has 0 aliphatic carbocycles. The van der Waals surface area contributed by atoms with E-state index in [0.717, 1.165) is 16.9 Å². The summed E-state index contributed by atoms with van der Waals surface area (Å²) in [5, 5.41) is 3.36.